The molecule has 2 aromatic heterocycles. The predicted octanol–water partition coefficient (Wildman–Crippen LogP) is 1.68. The van der Waals surface area contributed by atoms with E-state index in [0.29, 0.717) is 5.56 Å². The number of nitrogens with zero attached hydrogens (tertiary/aromatic N) is 7. The molecule has 3 heterocycles. The van der Waals surface area contributed by atoms with E-state index in [-0.39, 0.29) is 17.0 Å². The van der Waals surface area contributed by atoms with Crippen LogP contribution in [0.15, 0.2) is 48.1 Å². The van der Waals surface area contributed by atoms with Crippen LogP contribution in [0, 0.1) is 0 Å². The summed E-state index contributed by atoms with van der Waals surface area (Å²) in [5, 5.41) is 15.8. The van der Waals surface area contributed by atoms with Crippen LogP contribution in [0.1, 0.15) is 16.6 Å². The Morgan fingerprint density at radius 2 is 2.12 bits per heavy atom. The first-order chi connectivity index (χ1) is 15.5. The molecule has 1 saturated heterocycles. The van der Waals surface area contributed by atoms with Crippen molar-refractivity contribution in [3.05, 3.63) is 59.0 Å². The molecule has 0 saturated carbocycles. The molecule has 5 atom stereocenters. The predicted molar refractivity (Wildman–Crippen MR) is 108 cm³/mol. The zero-order valence-corrected chi connectivity index (χ0v) is 17.1. The van der Waals surface area contributed by atoms with Gasteiger partial charge in [0.2, 0.25) is 0 Å². The van der Waals surface area contributed by atoms with Crippen molar-refractivity contribution in [2.24, 2.45) is 5.11 Å². The molecule has 0 radical (unpaired) electrons. The van der Waals surface area contributed by atoms with Gasteiger partial charge in [0, 0.05) is 15.0 Å². The molecule has 0 aliphatic carbocycles. The van der Waals surface area contributed by atoms with Crippen LogP contribution in [-0.4, -0.2) is 60.3 Å². The summed E-state index contributed by atoms with van der Waals surface area (Å²) >= 11 is 0. The Kier molecular flexibility index (Phi) is 6.32. The summed E-state index contributed by atoms with van der Waals surface area (Å²) in [5.74, 6) is -0.267. The highest BCUT2D eigenvalue weighted by Crippen LogP contribution is 2.39. The van der Waals surface area contributed by atoms with Crippen LogP contribution in [0.5, 0.6) is 0 Å². The van der Waals surface area contributed by atoms with Gasteiger partial charge in [-0.2, -0.15) is 0 Å². The van der Waals surface area contributed by atoms with Gasteiger partial charge < -0.3 is 15.2 Å². The number of anilines is 1. The fourth-order valence-corrected chi connectivity index (χ4v) is 3.85. The van der Waals surface area contributed by atoms with Gasteiger partial charge >= 0.3 is 8.25 Å². The van der Waals surface area contributed by atoms with E-state index >= 15 is 0 Å². The van der Waals surface area contributed by atoms with Gasteiger partial charge in [-0.15, -0.1) is 9.42 Å². The highest BCUT2D eigenvalue weighted by Gasteiger charge is 2.50. The summed E-state index contributed by atoms with van der Waals surface area (Å²) in [5.41, 5.74) is 9.70. The molecule has 0 bridgehead atoms. The van der Waals surface area contributed by atoms with E-state index < -0.39 is 45.2 Å². The summed E-state index contributed by atoms with van der Waals surface area (Å²) in [4.78, 5) is 37.0. The number of amides is 1. The lowest BCUT2D eigenvalue weighted by Gasteiger charge is -2.16. The summed E-state index contributed by atoms with van der Waals surface area (Å²) in [6, 6.07) is 7.42. The lowest BCUT2D eigenvalue weighted by molar-refractivity contribution is -0.0443. The maximum absolute atomic E-state index is 12.5. The first-order valence-corrected chi connectivity index (χ1v) is 10.3. The van der Waals surface area contributed by atoms with E-state index in [9.17, 15) is 19.4 Å². The Morgan fingerprint density at radius 1 is 1.34 bits per heavy atom. The van der Waals surface area contributed by atoms with E-state index in [4.69, 9.17) is 14.8 Å². The summed E-state index contributed by atoms with van der Waals surface area (Å²) in [6.45, 7) is -0.526. The van der Waals surface area contributed by atoms with Crippen molar-refractivity contribution in [1.82, 2.24) is 19.5 Å². The number of imidazole rings is 1. The fourth-order valence-electron chi connectivity index (χ4n) is 3.41. The first-order valence-electron chi connectivity index (χ1n) is 9.21. The van der Waals surface area contributed by atoms with Crippen LogP contribution in [0.2, 0.25) is 0 Å². The number of hydrogen-bond donors (Lipinski definition) is 3. The number of carbonyl (C=O) groups excluding carboxylic acids is 1. The van der Waals surface area contributed by atoms with E-state index in [1.807, 2.05) is 0 Å². The molecule has 3 aromatic rings. The van der Waals surface area contributed by atoms with Crippen molar-refractivity contribution in [3.63, 3.8) is 0 Å². The van der Waals surface area contributed by atoms with Crippen molar-refractivity contribution >= 4 is 31.1 Å². The Bertz CT molecular complexity index is 1200. The Balaban J connectivity index is 1.70. The number of aliphatic hydroxyl groups is 1. The summed E-state index contributed by atoms with van der Waals surface area (Å²) in [7, 11) is -3.08. The van der Waals surface area contributed by atoms with E-state index in [1.165, 1.54) is 17.2 Å². The van der Waals surface area contributed by atoms with Gasteiger partial charge in [0.05, 0.1) is 19.0 Å². The van der Waals surface area contributed by atoms with Crippen molar-refractivity contribution in [1.29, 1.82) is 0 Å². The number of ether oxygens (including phenoxy) is 1. The molecule has 1 amide bonds. The van der Waals surface area contributed by atoms with Crippen molar-refractivity contribution in [3.8, 4) is 0 Å². The molecule has 164 valence electrons. The molecule has 14 nitrogen and oxygen atoms in total. The van der Waals surface area contributed by atoms with E-state index in [1.54, 1.807) is 30.3 Å². The molecule has 3 N–H and O–H groups in total. The van der Waals surface area contributed by atoms with Gasteiger partial charge in [-0.1, -0.05) is 23.3 Å². The monoisotopic (exact) mass is 459 g/mol. The third-order valence-electron chi connectivity index (χ3n) is 4.79. The van der Waals surface area contributed by atoms with Gasteiger partial charge in [-0.05, 0) is 17.7 Å². The standard InChI is InChI=1S/C17H15N8O6P/c18-24-23-11-10(6-26)30-17(13(11)31-32(28)29)25-8-21-12-14(19-7-20-15(12)25)22-16(27)9-4-2-1-3-5-9/h1-5,7-8,10-11,13,17,26H,6H2,(H-,19,20,22,27,28,29)/p+1/t10-,11-,13-,17-/m1/s1. The normalized spacial score (nSPS) is 23.0. The van der Waals surface area contributed by atoms with E-state index in [2.05, 4.69) is 30.3 Å². The smallest absolute Gasteiger partial charge is 0.394 e. The molecule has 1 aliphatic rings. The van der Waals surface area contributed by atoms with Crippen LogP contribution in [0.3, 0.4) is 0 Å². The SMILES string of the molecule is [N-]=[N+]=N[C@H]1[C@@H](O[P+](=O)O)[C@H](n2cnc3c(NC(=O)c4ccccc4)ncnc32)O[C@@H]1CO. The van der Waals surface area contributed by atoms with Gasteiger partial charge in [0.25, 0.3) is 5.91 Å². The third-order valence-corrected chi connectivity index (χ3v) is 5.21. The average Bonchev–Trinajstić information content (AvgIpc) is 3.36. The quantitative estimate of drug-likeness (QED) is 0.204. The number of rotatable bonds is 7. The first kappa shape index (κ1) is 21.7. The van der Waals surface area contributed by atoms with Crippen LogP contribution < -0.4 is 5.32 Å². The van der Waals surface area contributed by atoms with Gasteiger partial charge in [0.1, 0.15) is 12.4 Å². The number of hydrogen-bond acceptors (Lipinski definition) is 9. The second kappa shape index (κ2) is 9.32. The number of azide groups is 1. The molecule has 1 fully saturated rings. The molecular weight excluding hydrogens is 443 g/mol. The zero-order chi connectivity index (χ0) is 22.7. The van der Waals surface area contributed by atoms with E-state index in [0.717, 1.165) is 0 Å². The third kappa shape index (κ3) is 4.14. The second-order valence-corrected chi connectivity index (χ2v) is 7.30. The van der Waals surface area contributed by atoms with Crippen molar-refractivity contribution in [2.75, 3.05) is 11.9 Å². The van der Waals surface area contributed by atoms with Gasteiger partial charge in [-0.3, -0.25) is 9.36 Å². The Hall–Kier alpha value is -3.51. The zero-order valence-electron chi connectivity index (χ0n) is 16.2. The van der Waals surface area contributed by atoms with Crippen LogP contribution in [0.4, 0.5) is 5.82 Å². The number of aliphatic hydroxyl groups excluding tert-OH is 1. The number of benzene rings is 1. The minimum atomic E-state index is -3.08. The van der Waals surface area contributed by atoms with Gasteiger partial charge in [-0.25, -0.2) is 15.0 Å². The van der Waals surface area contributed by atoms with Crippen molar-refractivity contribution in [2.45, 2.75) is 24.5 Å². The fraction of sp³-hybridized carbons (Fsp3) is 0.294. The molecule has 1 aromatic carbocycles. The molecule has 1 aliphatic heterocycles. The average molecular weight is 459 g/mol. The molecule has 15 heteroatoms. The van der Waals surface area contributed by atoms with Crippen LogP contribution in [0.25, 0.3) is 21.6 Å². The van der Waals surface area contributed by atoms with Crippen LogP contribution in [-0.2, 0) is 13.8 Å². The maximum atomic E-state index is 12.5. The lowest BCUT2D eigenvalue weighted by Crippen LogP contribution is -2.32. The Labute approximate surface area is 180 Å². The topological polar surface area (TPSA) is 197 Å². The minimum absolute atomic E-state index is 0.136. The number of fused-ring (bicyclic) bond motifs is 1. The molecule has 1 unspecified atom stereocenters. The summed E-state index contributed by atoms with van der Waals surface area (Å²) in [6.07, 6.45) is -0.798. The molecular formula is C17H16N8O6P+. The number of aromatic nitrogens is 4. The highest BCUT2D eigenvalue weighted by atomic mass is 31.1. The Morgan fingerprint density at radius 3 is 2.81 bits per heavy atom. The number of nitrogens with one attached hydrogen (secondary N) is 1. The molecule has 0 spiro atoms. The molecule has 32 heavy (non-hydrogen) atoms. The summed E-state index contributed by atoms with van der Waals surface area (Å²) < 4.78 is 23.5. The van der Waals surface area contributed by atoms with Crippen molar-refractivity contribution < 1.29 is 28.6 Å². The second-order valence-electron chi connectivity index (χ2n) is 6.62. The van der Waals surface area contributed by atoms with Crippen LogP contribution >= 0.6 is 8.25 Å². The number of carbonyl (C=O) groups is 1. The van der Waals surface area contributed by atoms with Gasteiger partial charge in [0.15, 0.2) is 29.3 Å². The highest BCUT2D eigenvalue weighted by molar-refractivity contribution is 7.32. The minimum Gasteiger partial charge on any atom is -0.394 e. The lowest BCUT2D eigenvalue weighted by atomic mass is 10.1. The molecule has 4 rings (SSSR count). The maximum Gasteiger partial charge on any atom is 0.695 e. The largest absolute Gasteiger partial charge is 0.695 e.